The van der Waals surface area contributed by atoms with Crippen LogP contribution >= 0.6 is 0 Å². The third-order valence-corrected chi connectivity index (χ3v) is 12.8. The molecule has 0 unspecified atom stereocenters. The minimum atomic E-state index is -2.28. The van der Waals surface area contributed by atoms with Crippen LogP contribution in [0.1, 0.15) is 0 Å². The predicted octanol–water partition coefficient (Wildman–Crippen LogP) is 16.3. The fraction of sp³-hybridized carbons (Fsp3) is 0. The minimum absolute atomic E-state index is 0.0667. The van der Waals surface area contributed by atoms with E-state index in [2.05, 4.69) is 4.85 Å². The molecule has 4 heterocycles. The van der Waals surface area contributed by atoms with E-state index in [4.69, 9.17) is 16.5 Å². The predicted molar refractivity (Wildman–Crippen MR) is 264 cm³/mol. The molecule has 0 saturated heterocycles. The zero-order valence-corrected chi connectivity index (χ0v) is 36.1. The van der Waals surface area contributed by atoms with Crippen LogP contribution in [0.15, 0.2) is 194 Å². The van der Waals surface area contributed by atoms with Gasteiger partial charge in [-0.3, -0.25) is 4.98 Å². The Morgan fingerprint density at radius 2 is 0.899 bits per heavy atom. The third kappa shape index (κ3) is 6.58. The highest BCUT2D eigenvalue weighted by atomic mass is 19.2. The Hall–Kier alpha value is -9.20. The molecule has 0 radical (unpaired) electrons. The van der Waals surface area contributed by atoms with Gasteiger partial charge in [0.1, 0.15) is 0 Å². The lowest BCUT2D eigenvalue weighted by molar-refractivity contribution is 0.381. The highest BCUT2D eigenvalue weighted by molar-refractivity contribution is 6.14. The summed E-state index contributed by atoms with van der Waals surface area (Å²) >= 11 is 0. The number of rotatable bonds is 7. The van der Waals surface area contributed by atoms with Crippen LogP contribution in [-0.4, -0.2) is 19.1 Å². The molecule has 0 saturated carbocycles. The van der Waals surface area contributed by atoms with Crippen molar-refractivity contribution >= 4 is 49.3 Å². The fourth-order valence-corrected chi connectivity index (χ4v) is 9.62. The maximum atomic E-state index is 16.2. The monoisotopic (exact) mass is 905 g/mol. The van der Waals surface area contributed by atoms with Gasteiger partial charge >= 0.3 is 0 Å². The van der Waals surface area contributed by atoms with Crippen LogP contribution in [-0.2, 0) is 0 Å². The van der Waals surface area contributed by atoms with E-state index in [1.807, 2.05) is 168 Å². The molecule has 0 aliphatic rings. The largest absolute Gasteiger partial charge is 0.319 e. The molecule has 0 spiro atoms. The van der Waals surface area contributed by atoms with Crippen molar-refractivity contribution < 1.29 is 22.0 Å². The molecule has 8 aromatic carbocycles. The molecule has 69 heavy (non-hydrogen) atoms. The lowest BCUT2D eigenvalue weighted by atomic mass is 9.98. The Kier molecular flexibility index (Phi) is 9.74. The summed E-state index contributed by atoms with van der Waals surface area (Å²) in [6, 6.07) is 59.0. The Morgan fingerprint density at radius 3 is 1.52 bits per heavy atom. The zero-order chi connectivity index (χ0) is 46.9. The van der Waals surface area contributed by atoms with Gasteiger partial charge in [-0.15, -0.1) is 0 Å². The number of halogens is 5. The summed E-state index contributed by atoms with van der Waals surface area (Å²) in [4.78, 5) is 13.8. The van der Waals surface area contributed by atoms with Gasteiger partial charge in [-0.1, -0.05) is 127 Å². The van der Waals surface area contributed by atoms with Crippen LogP contribution in [0.4, 0.5) is 27.6 Å². The molecule has 0 atom stereocenters. The molecule has 0 bridgehead atoms. The van der Waals surface area contributed by atoms with Gasteiger partial charge in [-0.05, 0) is 66.2 Å². The van der Waals surface area contributed by atoms with Crippen LogP contribution in [0.3, 0.4) is 0 Å². The number of nitrogens with zero attached hydrogens (tertiary/aromatic N) is 5. The van der Waals surface area contributed by atoms with E-state index in [0.29, 0.717) is 33.1 Å². The van der Waals surface area contributed by atoms with Gasteiger partial charge in [0, 0.05) is 55.6 Å². The smallest absolute Gasteiger partial charge is 0.234 e. The number of aromatic nitrogens is 4. The van der Waals surface area contributed by atoms with Crippen molar-refractivity contribution in [2.75, 3.05) is 0 Å². The average molecular weight is 906 g/mol. The van der Waals surface area contributed by atoms with Gasteiger partial charge < -0.3 is 9.13 Å². The first-order chi connectivity index (χ1) is 33.8. The molecule has 0 aliphatic heterocycles. The number of pyridine rings is 2. The quantitative estimate of drug-likeness (QED) is 0.0692. The van der Waals surface area contributed by atoms with Crippen molar-refractivity contribution in [1.82, 2.24) is 19.1 Å². The topological polar surface area (TPSA) is 40.0 Å². The van der Waals surface area contributed by atoms with Crippen molar-refractivity contribution in [2.24, 2.45) is 0 Å². The Labute approximate surface area is 391 Å². The summed E-state index contributed by atoms with van der Waals surface area (Å²) in [7, 11) is 0. The van der Waals surface area contributed by atoms with Crippen LogP contribution in [0.25, 0.3) is 116 Å². The van der Waals surface area contributed by atoms with Gasteiger partial charge in [0.25, 0.3) is 0 Å². The van der Waals surface area contributed by atoms with E-state index in [0.717, 1.165) is 61.1 Å². The molecule has 0 N–H and O–H groups in total. The van der Waals surface area contributed by atoms with Crippen molar-refractivity contribution in [2.45, 2.75) is 0 Å². The summed E-state index contributed by atoms with van der Waals surface area (Å²) in [5.41, 5.74) is 7.95. The minimum Gasteiger partial charge on any atom is -0.319 e. The number of fused-ring (bicyclic) bond motifs is 6. The summed E-state index contributed by atoms with van der Waals surface area (Å²) < 4.78 is 81.2. The first kappa shape index (κ1) is 41.2. The van der Waals surface area contributed by atoms with E-state index in [9.17, 15) is 4.39 Å². The van der Waals surface area contributed by atoms with E-state index in [-0.39, 0.29) is 16.9 Å². The highest BCUT2D eigenvalue weighted by Crippen LogP contribution is 2.48. The molecule has 12 rings (SSSR count). The Bertz CT molecular complexity index is 4050. The fourth-order valence-electron chi connectivity index (χ4n) is 9.62. The number of hydrogen-bond donors (Lipinski definition) is 0. The third-order valence-electron chi connectivity index (χ3n) is 12.8. The second-order valence-corrected chi connectivity index (χ2v) is 16.6. The number of benzene rings is 8. The Morgan fingerprint density at radius 1 is 0.391 bits per heavy atom. The molecule has 12 aromatic rings. The van der Waals surface area contributed by atoms with Gasteiger partial charge in [0.2, 0.25) is 11.5 Å². The summed E-state index contributed by atoms with van der Waals surface area (Å²) in [5.74, 6) is -10.5. The molecule has 0 amide bonds. The lowest BCUT2D eigenvalue weighted by Crippen LogP contribution is -2.08. The van der Waals surface area contributed by atoms with Gasteiger partial charge in [-0.25, -0.2) is 31.8 Å². The molecular formula is C59H32F5N5. The van der Waals surface area contributed by atoms with Crippen molar-refractivity contribution in [3.05, 3.63) is 235 Å². The van der Waals surface area contributed by atoms with Crippen molar-refractivity contribution in [1.29, 1.82) is 0 Å². The first-order valence-electron chi connectivity index (χ1n) is 22.0. The zero-order valence-electron chi connectivity index (χ0n) is 36.1. The molecule has 5 nitrogen and oxygen atoms in total. The normalized spacial score (nSPS) is 11.5. The molecule has 0 fully saturated rings. The SMILES string of the molecule is [C-]#[N+]c1c(-n2c3ccccc3c3cc(-c4cccc(-c5ccccc5)n4)ccc32)ccc(-c2c(F)c(F)c(F)c(F)c2F)c1-n1c2ccccc2c2cc(-c3ccc(-c4ccccc4)nc3)ccc21. The van der Waals surface area contributed by atoms with Gasteiger partial charge in [0.15, 0.2) is 23.3 Å². The lowest BCUT2D eigenvalue weighted by Gasteiger charge is -2.21. The van der Waals surface area contributed by atoms with E-state index in [1.54, 1.807) is 22.9 Å². The van der Waals surface area contributed by atoms with Gasteiger partial charge in [-0.2, -0.15) is 0 Å². The van der Waals surface area contributed by atoms with Crippen LogP contribution < -0.4 is 0 Å². The molecular weight excluding hydrogens is 874 g/mol. The number of hydrogen-bond acceptors (Lipinski definition) is 2. The molecule has 328 valence electrons. The molecule has 10 heteroatoms. The Balaban J connectivity index is 1.11. The van der Waals surface area contributed by atoms with Crippen molar-refractivity contribution in [3.63, 3.8) is 0 Å². The molecule has 0 aliphatic carbocycles. The first-order valence-corrected chi connectivity index (χ1v) is 22.0. The second kappa shape index (κ2) is 16.3. The number of para-hydroxylation sites is 2. The summed E-state index contributed by atoms with van der Waals surface area (Å²) in [5, 5.41) is 3.13. The van der Waals surface area contributed by atoms with E-state index < -0.39 is 34.6 Å². The summed E-state index contributed by atoms with van der Waals surface area (Å²) in [6.07, 6.45) is 1.79. The van der Waals surface area contributed by atoms with Crippen LogP contribution in [0.5, 0.6) is 0 Å². The average Bonchev–Trinajstić information content (AvgIpc) is 3.92. The summed E-state index contributed by atoms with van der Waals surface area (Å²) in [6.45, 7) is 8.90. The standard InChI is InChI=1S/C59H32F5N5/c1-65-58-51(68-47-21-10-8-17-39(47)43-32-37(25-29-49(43)68)46-20-12-19-45(67-46)35-15-6-3-7-16-35)30-26-41(52-53(60)55(62)57(64)56(63)54(52)61)59(58)69-48-22-11-9-18-40(48)42-31-36(24-28-50(42)69)38-23-27-44(66-33-38)34-13-4-2-5-14-34/h2-33H. The van der Waals surface area contributed by atoms with E-state index >= 15 is 17.6 Å². The van der Waals surface area contributed by atoms with Crippen LogP contribution in [0, 0.1) is 35.7 Å². The van der Waals surface area contributed by atoms with E-state index in [1.165, 1.54) is 12.1 Å². The van der Waals surface area contributed by atoms with Crippen LogP contribution in [0.2, 0.25) is 0 Å². The van der Waals surface area contributed by atoms with Crippen molar-refractivity contribution in [3.8, 4) is 67.4 Å². The van der Waals surface area contributed by atoms with Gasteiger partial charge in [0.05, 0.1) is 62.7 Å². The molecule has 4 aromatic heterocycles. The maximum Gasteiger partial charge on any atom is 0.234 e. The second-order valence-electron chi connectivity index (χ2n) is 16.6. The highest BCUT2D eigenvalue weighted by Gasteiger charge is 2.32. The maximum absolute atomic E-state index is 16.2.